The van der Waals surface area contributed by atoms with Gasteiger partial charge < -0.3 is 10.7 Å². The molecule has 6 nitrogen and oxygen atoms in total. The Morgan fingerprint density at radius 2 is 2.13 bits per heavy atom. The molecule has 0 amide bonds. The van der Waals surface area contributed by atoms with Crippen LogP contribution in [0.2, 0.25) is 5.15 Å². The summed E-state index contributed by atoms with van der Waals surface area (Å²) >= 11 is 5.84. The minimum atomic E-state index is -0.262. The van der Waals surface area contributed by atoms with Gasteiger partial charge >= 0.3 is 5.69 Å². The van der Waals surface area contributed by atoms with Crippen molar-refractivity contribution in [3.63, 3.8) is 0 Å². The number of H-pyrrole nitrogens is 1. The molecule has 2 heterocycles. The molecular weight excluding hydrogens is 218 g/mol. The van der Waals surface area contributed by atoms with Gasteiger partial charge in [0, 0.05) is 6.04 Å². The van der Waals surface area contributed by atoms with E-state index in [1.165, 1.54) is 4.57 Å². The summed E-state index contributed by atoms with van der Waals surface area (Å²) in [4.78, 5) is 21.9. The summed E-state index contributed by atoms with van der Waals surface area (Å²) in [6, 6.07) is -0.0170. The predicted molar refractivity (Wildman–Crippen MR) is 58.0 cm³/mol. The number of hydrogen-bond acceptors (Lipinski definition) is 4. The topological polar surface area (TPSA) is 89.6 Å². The summed E-state index contributed by atoms with van der Waals surface area (Å²) in [7, 11) is 0. The molecule has 0 radical (unpaired) electrons. The number of imidazole rings is 1. The van der Waals surface area contributed by atoms with Gasteiger partial charge in [-0.05, 0) is 13.8 Å². The molecule has 0 atom stereocenters. The number of anilines is 1. The molecule has 2 rings (SSSR count). The number of nitrogen functional groups attached to an aromatic ring is 1. The van der Waals surface area contributed by atoms with E-state index in [0.29, 0.717) is 11.2 Å². The largest absolute Gasteiger partial charge is 0.368 e. The van der Waals surface area contributed by atoms with Crippen molar-refractivity contribution >= 4 is 28.7 Å². The number of hydrogen-bond donors (Lipinski definition) is 2. The van der Waals surface area contributed by atoms with Crippen LogP contribution in [-0.2, 0) is 0 Å². The SMILES string of the molecule is CC(C)n1c(=O)[nH]c2c(Cl)nc(N)nc21. The zero-order valence-electron chi connectivity index (χ0n) is 8.28. The molecule has 0 unspecified atom stereocenters. The molecule has 2 aromatic heterocycles. The molecule has 0 aliphatic carbocycles. The van der Waals surface area contributed by atoms with Gasteiger partial charge in [0.15, 0.2) is 10.8 Å². The highest BCUT2D eigenvalue weighted by Gasteiger charge is 2.14. The lowest BCUT2D eigenvalue weighted by Crippen LogP contribution is -2.18. The van der Waals surface area contributed by atoms with E-state index in [4.69, 9.17) is 17.3 Å². The number of nitrogens with two attached hydrogens (primary N) is 1. The highest BCUT2D eigenvalue weighted by molar-refractivity contribution is 6.33. The second kappa shape index (κ2) is 3.23. The third kappa shape index (κ3) is 1.46. The van der Waals surface area contributed by atoms with Gasteiger partial charge in [-0.3, -0.25) is 4.57 Å². The standard InChI is InChI=1S/C8H10ClN5O/c1-3(2)14-6-4(11-8(14)15)5(9)12-7(10)13-6/h3H,1-2H3,(H,11,15)(H2,10,12,13). The Balaban J connectivity index is 2.93. The van der Waals surface area contributed by atoms with Crippen LogP contribution in [0.15, 0.2) is 4.79 Å². The van der Waals surface area contributed by atoms with Crippen molar-refractivity contribution in [3.8, 4) is 0 Å². The first kappa shape index (κ1) is 9.97. The second-order valence-electron chi connectivity index (χ2n) is 3.47. The summed E-state index contributed by atoms with van der Waals surface area (Å²) < 4.78 is 1.49. The van der Waals surface area contributed by atoms with E-state index >= 15 is 0 Å². The van der Waals surface area contributed by atoms with Gasteiger partial charge in [-0.2, -0.15) is 9.97 Å². The lowest BCUT2D eigenvalue weighted by molar-refractivity contribution is 0.593. The van der Waals surface area contributed by atoms with Gasteiger partial charge in [-0.15, -0.1) is 0 Å². The first-order valence-electron chi connectivity index (χ1n) is 4.44. The first-order chi connectivity index (χ1) is 7.00. The number of nitrogens with one attached hydrogen (secondary N) is 1. The number of fused-ring (bicyclic) bond motifs is 1. The first-order valence-corrected chi connectivity index (χ1v) is 4.81. The Hall–Kier alpha value is -1.56. The van der Waals surface area contributed by atoms with E-state index in [-0.39, 0.29) is 22.8 Å². The van der Waals surface area contributed by atoms with Crippen LogP contribution < -0.4 is 11.4 Å². The Morgan fingerprint density at radius 3 is 2.73 bits per heavy atom. The lowest BCUT2D eigenvalue weighted by Gasteiger charge is -2.05. The summed E-state index contributed by atoms with van der Waals surface area (Å²) in [6.07, 6.45) is 0. The Morgan fingerprint density at radius 1 is 1.47 bits per heavy atom. The average Bonchev–Trinajstić information content (AvgIpc) is 2.41. The van der Waals surface area contributed by atoms with E-state index in [1.54, 1.807) is 0 Å². The van der Waals surface area contributed by atoms with Gasteiger partial charge in [0.05, 0.1) is 0 Å². The molecule has 0 aliphatic heterocycles. The van der Waals surface area contributed by atoms with Crippen LogP contribution in [0.1, 0.15) is 19.9 Å². The maximum absolute atomic E-state index is 11.6. The third-order valence-electron chi connectivity index (χ3n) is 2.06. The van der Waals surface area contributed by atoms with Crippen molar-refractivity contribution in [1.82, 2.24) is 19.5 Å². The summed E-state index contributed by atoms with van der Waals surface area (Å²) in [6.45, 7) is 3.75. The van der Waals surface area contributed by atoms with Gasteiger partial charge in [0.2, 0.25) is 5.95 Å². The monoisotopic (exact) mass is 227 g/mol. The molecule has 2 aromatic rings. The number of aromatic amines is 1. The molecule has 3 N–H and O–H groups in total. The molecule has 0 bridgehead atoms. The molecule has 0 saturated heterocycles. The smallest absolute Gasteiger partial charge is 0.327 e. The maximum atomic E-state index is 11.6. The Bertz CT molecular complexity index is 570. The van der Waals surface area contributed by atoms with Crippen molar-refractivity contribution in [2.24, 2.45) is 0 Å². The van der Waals surface area contributed by atoms with Crippen molar-refractivity contribution in [2.75, 3.05) is 5.73 Å². The van der Waals surface area contributed by atoms with E-state index in [1.807, 2.05) is 13.8 Å². The van der Waals surface area contributed by atoms with Crippen LogP contribution in [0.25, 0.3) is 11.2 Å². The van der Waals surface area contributed by atoms with Gasteiger partial charge in [0.25, 0.3) is 0 Å². The van der Waals surface area contributed by atoms with E-state index in [9.17, 15) is 4.79 Å². The quantitative estimate of drug-likeness (QED) is 0.710. The van der Waals surface area contributed by atoms with E-state index < -0.39 is 0 Å². The zero-order valence-corrected chi connectivity index (χ0v) is 9.04. The average molecular weight is 228 g/mol. The fourth-order valence-corrected chi connectivity index (χ4v) is 1.68. The lowest BCUT2D eigenvalue weighted by atomic mass is 10.4. The predicted octanol–water partition coefficient (Wildman–Crippen LogP) is 0.936. The van der Waals surface area contributed by atoms with E-state index in [2.05, 4.69) is 15.0 Å². The number of nitrogens with zero attached hydrogens (tertiary/aromatic N) is 3. The molecule has 0 fully saturated rings. The molecule has 0 aliphatic rings. The summed E-state index contributed by atoms with van der Waals surface area (Å²) in [5.41, 5.74) is 6.06. The van der Waals surface area contributed by atoms with E-state index in [0.717, 1.165) is 0 Å². The maximum Gasteiger partial charge on any atom is 0.327 e. The molecular formula is C8H10ClN5O. The molecule has 80 valence electrons. The minimum Gasteiger partial charge on any atom is -0.368 e. The zero-order chi connectivity index (χ0) is 11.2. The number of halogens is 1. The molecule has 0 saturated carbocycles. The van der Waals surface area contributed by atoms with Crippen LogP contribution >= 0.6 is 11.6 Å². The van der Waals surface area contributed by atoms with Crippen molar-refractivity contribution in [1.29, 1.82) is 0 Å². The minimum absolute atomic E-state index is 0.0170. The highest BCUT2D eigenvalue weighted by Crippen LogP contribution is 2.19. The van der Waals surface area contributed by atoms with Crippen LogP contribution in [0.3, 0.4) is 0 Å². The van der Waals surface area contributed by atoms with Crippen molar-refractivity contribution in [3.05, 3.63) is 15.6 Å². The highest BCUT2D eigenvalue weighted by atomic mass is 35.5. The van der Waals surface area contributed by atoms with Crippen molar-refractivity contribution in [2.45, 2.75) is 19.9 Å². The van der Waals surface area contributed by atoms with Crippen molar-refractivity contribution < 1.29 is 0 Å². The fraction of sp³-hybridized carbons (Fsp3) is 0.375. The summed E-state index contributed by atoms with van der Waals surface area (Å²) in [5, 5.41) is 0.161. The van der Waals surface area contributed by atoms with Gasteiger partial charge in [-0.25, -0.2) is 4.79 Å². The van der Waals surface area contributed by atoms with Gasteiger partial charge in [0.1, 0.15) is 5.52 Å². The number of aromatic nitrogens is 4. The molecule has 0 aromatic carbocycles. The normalized spacial score (nSPS) is 11.5. The molecule has 15 heavy (non-hydrogen) atoms. The third-order valence-corrected chi connectivity index (χ3v) is 2.33. The van der Waals surface area contributed by atoms with Crippen LogP contribution in [-0.4, -0.2) is 19.5 Å². The fourth-order valence-electron chi connectivity index (χ4n) is 1.46. The van der Waals surface area contributed by atoms with Crippen LogP contribution in [0.5, 0.6) is 0 Å². The van der Waals surface area contributed by atoms with Gasteiger partial charge in [-0.1, -0.05) is 11.6 Å². The molecule has 0 spiro atoms. The Labute approximate surface area is 90.1 Å². The molecule has 7 heteroatoms. The Kier molecular flexibility index (Phi) is 2.15. The van der Waals surface area contributed by atoms with Crippen LogP contribution in [0, 0.1) is 0 Å². The summed E-state index contributed by atoms with van der Waals surface area (Å²) in [5.74, 6) is 0.0564. The second-order valence-corrected chi connectivity index (χ2v) is 3.82. The number of rotatable bonds is 1. The van der Waals surface area contributed by atoms with Crippen LogP contribution in [0.4, 0.5) is 5.95 Å².